The molecule has 0 saturated heterocycles. The molecule has 0 radical (unpaired) electrons. The molecular formula is C32H53N3O4. The lowest BCUT2D eigenvalue weighted by Crippen LogP contribution is -2.58. The second kappa shape index (κ2) is 14.5. The molecule has 0 aliphatic carbocycles. The summed E-state index contributed by atoms with van der Waals surface area (Å²) in [5.74, 6) is -0.325. The van der Waals surface area contributed by atoms with Gasteiger partial charge in [0.2, 0.25) is 11.8 Å². The van der Waals surface area contributed by atoms with Crippen LogP contribution in [0, 0.1) is 11.8 Å². The van der Waals surface area contributed by atoms with Gasteiger partial charge in [-0.2, -0.15) is 0 Å². The molecule has 39 heavy (non-hydrogen) atoms. The van der Waals surface area contributed by atoms with Crippen LogP contribution in [0.25, 0.3) is 6.08 Å². The fraction of sp³-hybridized carbons (Fsp3) is 0.656. The van der Waals surface area contributed by atoms with Gasteiger partial charge in [-0.3, -0.25) is 9.59 Å². The zero-order chi connectivity index (χ0) is 30.1. The van der Waals surface area contributed by atoms with Gasteiger partial charge in [0.25, 0.3) is 0 Å². The fourth-order valence-electron chi connectivity index (χ4n) is 4.32. The van der Waals surface area contributed by atoms with Crippen LogP contribution in [-0.2, 0) is 14.3 Å². The maximum absolute atomic E-state index is 14.5. The second-order valence-corrected chi connectivity index (χ2v) is 13.1. The first-order valence-corrected chi connectivity index (χ1v) is 14.3. The molecule has 1 aromatic rings. The first kappa shape index (κ1) is 34.2. The van der Waals surface area contributed by atoms with Gasteiger partial charge in [0.05, 0.1) is 0 Å². The van der Waals surface area contributed by atoms with Gasteiger partial charge in [0.15, 0.2) is 0 Å². The molecule has 4 atom stereocenters. The Hall–Kier alpha value is -2.83. The highest BCUT2D eigenvalue weighted by Crippen LogP contribution is 2.30. The summed E-state index contributed by atoms with van der Waals surface area (Å²) in [5.41, 5.74) is 0.330. The summed E-state index contributed by atoms with van der Waals surface area (Å²) in [6.07, 6.45) is 3.33. The van der Waals surface area contributed by atoms with E-state index < -0.39 is 29.3 Å². The highest BCUT2D eigenvalue weighted by Gasteiger charge is 2.41. The Bertz CT molecular complexity index is 974. The van der Waals surface area contributed by atoms with Gasteiger partial charge in [-0.1, -0.05) is 65.0 Å². The van der Waals surface area contributed by atoms with Crippen LogP contribution in [0.1, 0.15) is 113 Å². The average Bonchev–Trinajstić information content (AvgIpc) is 2.81. The van der Waals surface area contributed by atoms with Crippen molar-refractivity contribution >= 4 is 24.0 Å². The molecule has 3 amide bonds. The van der Waals surface area contributed by atoms with Crippen molar-refractivity contribution in [3.63, 3.8) is 0 Å². The van der Waals surface area contributed by atoms with E-state index >= 15 is 0 Å². The summed E-state index contributed by atoms with van der Waals surface area (Å²) in [5, 5.41) is 5.93. The SMILES string of the molecule is C=Cc1cccc(C(C(=O)NC(C)(C)C)N(C(=O)C(NC(=O)OC(C)(C)C)C(C)CC)C(C)CCC(C)C)c1. The molecule has 0 spiro atoms. The number of hydrogen-bond donors (Lipinski definition) is 2. The Kier molecular flexibility index (Phi) is 12.7. The minimum Gasteiger partial charge on any atom is -0.444 e. The molecule has 0 fully saturated rings. The number of nitrogens with zero attached hydrogens (tertiary/aromatic N) is 1. The average molecular weight is 544 g/mol. The van der Waals surface area contributed by atoms with Crippen LogP contribution in [0.5, 0.6) is 0 Å². The number of ether oxygens (including phenoxy) is 1. The first-order valence-electron chi connectivity index (χ1n) is 14.3. The van der Waals surface area contributed by atoms with E-state index in [0.29, 0.717) is 24.3 Å². The third kappa shape index (κ3) is 11.4. The normalized spacial score (nSPS) is 15.1. The van der Waals surface area contributed by atoms with E-state index in [4.69, 9.17) is 4.74 Å². The number of hydrogen-bond acceptors (Lipinski definition) is 4. The topological polar surface area (TPSA) is 87.7 Å². The standard InChI is InChI=1S/C32H53N3O4/c1-13-22(5)26(33-30(38)39-32(10,11)12)29(37)35(23(6)19-18-21(3)4)27(28(36)34-31(7,8)9)25-17-15-16-24(14-2)20-25/h14-17,20-23,26-27H,2,13,18-19H2,1,3-12H3,(H,33,38)(H,34,36). The molecule has 0 heterocycles. The summed E-state index contributed by atoms with van der Waals surface area (Å²) >= 11 is 0. The zero-order valence-electron chi connectivity index (χ0n) is 26.2. The van der Waals surface area contributed by atoms with E-state index in [1.54, 1.807) is 31.7 Å². The van der Waals surface area contributed by atoms with Crippen molar-refractivity contribution in [2.75, 3.05) is 0 Å². The van der Waals surface area contributed by atoms with Crippen molar-refractivity contribution in [3.8, 4) is 0 Å². The second-order valence-electron chi connectivity index (χ2n) is 13.1. The van der Waals surface area contributed by atoms with Crippen LogP contribution >= 0.6 is 0 Å². The van der Waals surface area contributed by atoms with Crippen LogP contribution in [0.2, 0.25) is 0 Å². The molecule has 220 valence electrons. The zero-order valence-corrected chi connectivity index (χ0v) is 26.2. The smallest absolute Gasteiger partial charge is 0.408 e. The molecule has 7 nitrogen and oxygen atoms in total. The van der Waals surface area contributed by atoms with Gasteiger partial charge in [-0.25, -0.2) is 4.79 Å². The summed E-state index contributed by atoms with van der Waals surface area (Å²) in [6, 6.07) is 5.52. The van der Waals surface area contributed by atoms with Crippen LogP contribution in [0.15, 0.2) is 30.8 Å². The largest absolute Gasteiger partial charge is 0.444 e. The maximum Gasteiger partial charge on any atom is 0.408 e. The van der Waals surface area contributed by atoms with Crippen molar-refractivity contribution in [1.82, 2.24) is 15.5 Å². The van der Waals surface area contributed by atoms with Gasteiger partial charge in [-0.15, -0.1) is 0 Å². The Morgan fingerprint density at radius 2 is 1.64 bits per heavy atom. The molecule has 2 N–H and O–H groups in total. The van der Waals surface area contributed by atoms with Gasteiger partial charge in [0.1, 0.15) is 17.7 Å². The number of alkyl carbamates (subject to hydrolysis) is 1. The van der Waals surface area contributed by atoms with Crippen LogP contribution in [0.4, 0.5) is 4.79 Å². The summed E-state index contributed by atoms with van der Waals surface area (Å²) in [4.78, 5) is 43.0. The van der Waals surface area contributed by atoms with E-state index in [0.717, 1.165) is 12.0 Å². The van der Waals surface area contributed by atoms with Crippen LogP contribution in [-0.4, -0.2) is 46.0 Å². The third-order valence-corrected chi connectivity index (χ3v) is 6.53. The molecular weight excluding hydrogens is 490 g/mol. The molecule has 0 bridgehead atoms. The Morgan fingerprint density at radius 3 is 2.13 bits per heavy atom. The predicted molar refractivity (Wildman–Crippen MR) is 160 cm³/mol. The Balaban J connectivity index is 3.74. The maximum atomic E-state index is 14.5. The van der Waals surface area contributed by atoms with Crippen molar-refractivity contribution in [3.05, 3.63) is 42.0 Å². The van der Waals surface area contributed by atoms with Crippen molar-refractivity contribution in [2.24, 2.45) is 11.8 Å². The van der Waals surface area contributed by atoms with Gasteiger partial charge in [-0.05, 0) is 90.3 Å². The van der Waals surface area contributed by atoms with E-state index in [9.17, 15) is 14.4 Å². The summed E-state index contributed by atoms with van der Waals surface area (Å²) < 4.78 is 5.51. The van der Waals surface area contributed by atoms with Crippen LogP contribution < -0.4 is 10.6 Å². The Labute approximate surface area is 237 Å². The van der Waals surface area contributed by atoms with Gasteiger partial charge < -0.3 is 20.3 Å². The molecule has 7 heteroatoms. The fourth-order valence-corrected chi connectivity index (χ4v) is 4.32. The number of nitrogens with one attached hydrogen (secondary N) is 2. The highest BCUT2D eigenvalue weighted by atomic mass is 16.6. The minimum absolute atomic E-state index is 0.185. The lowest BCUT2D eigenvalue weighted by molar-refractivity contribution is -0.146. The lowest BCUT2D eigenvalue weighted by atomic mass is 9.92. The number of carbonyl (C=O) groups is 3. The van der Waals surface area contributed by atoms with E-state index in [2.05, 4.69) is 31.1 Å². The van der Waals surface area contributed by atoms with E-state index in [1.807, 2.05) is 65.8 Å². The molecule has 1 aromatic carbocycles. The summed E-state index contributed by atoms with van der Waals surface area (Å²) in [7, 11) is 0. The lowest BCUT2D eigenvalue weighted by Gasteiger charge is -2.40. The molecule has 0 aliphatic heterocycles. The van der Waals surface area contributed by atoms with E-state index in [-0.39, 0.29) is 23.8 Å². The number of amides is 3. The van der Waals surface area contributed by atoms with Crippen molar-refractivity contribution < 1.29 is 19.1 Å². The van der Waals surface area contributed by atoms with Gasteiger partial charge >= 0.3 is 6.09 Å². The number of benzene rings is 1. The van der Waals surface area contributed by atoms with E-state index in [1.165, 1.54) is 0 Å². The van der Waals surface area contributed by atoms with Crippen LogP contribution in [0.3, 0.4) is 0 Å². The Morgan fingerprint density at radius 1 is 1.03 bits per heavy atom. The molecule has 0 saturated carbocycles. The minimum atomic E-state index is -0.897. The van der Waals surface area contributed by atoms with Crippen molar-refractivity contribution in [1.29, 1.82) is 0 Å². The third-order valence-electron chi connectivity index (χ3n) is 6.53. The first-order chi connectivity index (χ1) is 17.9. The quantitative estimate of drug-likeness (QED) is 0.301. The van der Waals surface area contributed by atoms with Gasteiger partial charge in [0, 0.05) is 11.6 Å². The number of rotatable bonds is 12. The molecule has 0 aromatic heterocycles. The van der Waals surface area contributed by atoms with Crippen molar-refractivity contribution in [2.45, 2.75) is 125 Å². The highest BCUT2D eigenvalue weighted by molar-refractivity contribution is 5.92. The molecule has 4 unspecified atom stereocenters. The molecule has 1 rings (SSSR count). The number of carbonyl (C=O) groups excluding carboxylic acids is 3. The molecule has 0 aliphatic rings. The summed E-state index contributed by atoms with van der Waals surface area (Å²) in [6.45, 7) is 25.2. The monoisotopic (exact) mass is 543 g/mol. The predicted octanol–water partition coefficient (Wildman–Crippen LogP) is 6.88.